The lowest BCUT2D eigenvalue weighted by atomic mass is 10.1. The van der Waals surface area contributed by atoms with Crippen molar-refractivity contribution in [3.05, 3.63) is 65.5 Å². The molecule has 1 saturated heterocycles. The Morgan fingerprint density at radius 2 is 1.74 bits per heavy atom. The van der Waals surface area contributed by atoms with Crippen LogP contribution in [0.2, 0.25) is 0 Å². The molecule has 0 unspecified atom stereocenters. The van der Waals surface area contributed by atoms with Gasteiger partial charge in [0, 0.05) is 50.7 Å². The Morgan fingerprint density at radius 1 is 1.00 bits per heavy atom. The van der Waals surface area contributed by atoms with Crippen LogP contribution in [0, 0.1) is 6.92 Å². The van der Waals surface area contributed by atoms with Crippen LogP contribution in [0.4, 0.5) is 0 Å². The van der Waals surface area contributed by atoms with Gasteiger partial charge < -0.3 is 4.90 Å². The van der Waals surface area contributed by atoms with Gasteiger partial charge in [-0.2, -0.15) is 0 Å². The highest BCUT2D eigenvalue weighted by atomic mass is 16.2. The normalized spacial score (nSPS) is 16.1. The third kappa shape index (κ3) is 4.17. The molecular formula is C19H23N3O. The average Bonchev–Trinajstić information content (AvgIpc) is 2.83. The molecule has 0 saturated carbocycles. The number of aryl methyl sites for hydroxylation is 1. The van der Waals surface area contributed by atoms with Gasteiger partial charge in [0.25, 0.3) is 5.91 Å². The Kier molecular flexibility index (Phi) is 5.03. The van der Waals surface area contributed by atoms with Crippen LogP contribution in [0.15, 0.2) is 48.8 Å². The molecule has 2 heterocycles. The summed E-state index contributed by atoms with van der Waals surface area (Å²) in [5.74, 6) is 0.115. The van der Waals surface area contributed by atoms with Crippen molar-refractivity contribution in [2.45, 2.75) is 19.9 Å². The molecule has 1 aliphatic heterocycles. The van der Waals surface area contributed by atoms with E-state index in [2.05, 4.69) is 41.1 Å². The Hall–Kier alpha value is -2.20. The lowest BCUT2D eigenvalue weighted by molar-refractivity contribution is 0.0761. The second-order valence-corrected chi connectivity index (χ2v) is 6.14. The highest BCUT2D eigenvalue weighted by Gasteiger charge is 2.20. The van der Waals surface area contributed by atoms with Gasteiger partial charge in [0.05, 0.1) is 0 Å². The Balaban J connectivity index is 1.59. The molecule has 4 nitrogen and oxygen atoms in total. The molecule has 0 bridgehead atoms. The zero-order chi connectivity index (χ0) is 16.1. The number of pyridine rings is 1. The number of nitrogens with zero attached hydrogens (tertiary/aromatic N) is 3. The Labute approximate surface area is 137 Å². The van der Waals surface area contributed by atoms with E-state index in [4.69, 9.17) is 0 Å². The predicted octanol–water partition coefficient (Wildman–Crippen LogP) is 2.74. The molecule has 1 aromatic carbocycles. The Bertz CT molecular complexity index is 639. The monoisotopic (exact) mass is 309 g/mol. The second kappa shape index (κ2) is 7.38. The van der Waals surface area contributed by atoms with Gasteiger partial charge in [0.1, 0.15) is 0 Å². The van der Waals surface area contributed by atoms with Crippen LogP contribution < -0.4 is 0 Å². The van der Waals surface area contributed by atoms with Crippen LogP contribution in [0.5, 0.6) is 0 Å². The van der Waals surface area contributed by atoms with Crippen molar-refractivity contribution in [1.29, 1.82) is 0 Å². The van der Waals surface area contributed by atoms with Gasteiger partial charge in [-0.25, -0.2) is 0 Å². The lowest BCUT2D eigenvalue weighted by Crippen LogP contribution is -2.35. The van der Waals surface area contributed by atoms with Crippen molar-refractivity contribution in [3.63, 3.8) is 0 Å². The average molecular weight is 309 g/mol. The van der Waals surface area contributed by atoms with Crippen LogP contribution >= 0.6 is 0 Å². The SMILES string of the molecule is Cc1ccc(CN2CCCN(C(=O)c3ccncc3)CC2)cc1. The minimum absolute atomic E-state index is 0.115. The topological polar surface area (TPSA) is 36.4 Å². The van der Waals surface area contributed by atoms with E-state index in [1.807, 2.05) is 4.90 Å². The molecule has 4 heteroatoms. The number of hydrogen-bond donors (Lipinski definition) is 0. The number of carbonyl (C=O) groups is 1. The zero-order valence-corrected chi connectivity index (χ0v) is 13.6. The first-order valence-electron chi connectivity index (χ1n) is 8.19. The van der Waals surface area contributed by atoms with E-state index in [1.165, 1.54) is 11.1 Å². The molecular weight excluding hydrogens is 286 g/mol. The van der Waals surface area contributed by atoms with Crippen molar-refractivity contribution in [1.82, 2.24) is 14.8 Å². The number of rotatable bonds is 3. The molecule has 1 aromatic heterocycles. The molecule has 0 atom stereocenters. The van der Waals surface area contributed by atoms with Gasteiger partial charge in [-0.1, -0.05) is 29.8 Å². The van der Waals surface area contributed by atoms with Crippen LogP contribution in [0.3, 0.4) is 0 Å². The molecule has 0 spiro atoms. The van der Waals surface area contributed by atoms with Crippen molar-refractivity contribution >= 4 is 5.91 Å². The summed E-state index contributed by atoms with van der Waals surface area (Å²) in [7, 11) is 0. The van der Waals surface area contributed by atoms with Gasteiger partial charge >= 0.3 is 0 Å². The summed E-state index contributed by atoms with van der Waals surface area (Å²) in [6, 6.07) is 12.3. The zero-order valence-electron chi connectivity index (χ0n) is 13.6. The molecule has 1 aliphatic rings. The van der Waals surface area contributed by atoms with Crippen molar-refractivity contribution in [3.8, 4) is 0 Å². The van der Waals surface area contributed by atoms with Crippen molar-refractivity contribution in [2.75, 3.05) is 26.2 Å². The third-order valence-corrected chi connectivity index (χ3v) is 4.33. The van der Waals surface area contributed by atoms with E-state index in [1.54, 1.807) is 24.5 Å². The highest BCUT2D eigenvalue weighted by Crippen LogP contribution is 2.12. The third-order valence-electron chi connectivity index (χ3n) is 4.33. The molecule has 2 aromatic rings. The first-order valence-corrected chi connectivity index (χ1v) is 8.19. The minimum Gasteiger partial charge on any atom is -0.337 e. The van der Waals surface area contributed by atoms with E-state index < -0.39 is 0 Å². The maximum Gasteiger partial charge on any atom is 0.254 e. The van der Waals surface area contributed by atoms with Crippen LogP contribution in [-0.2, 0) is 6.54 Å². The van der Waals surface area contributed by atoms with Gasteiger partial charge in [-0.15, -0.1) is 0 Å². The van der Waals surface area contributed by atoms with Crippen LogP contribution in [0.25, 0.3) is 0 Å². The fraction of sp³-hybridized carbons (Fsp3) is 0.368. The van der Waals surface area contributed by atoms with E-state index in [9.17, 15) is 4.79 Å². The van der Waals surface area contributed by atoms with Gasteiger partial charge in [0.2, 0.25) is 0 Å². The summed E-state index contributed by atoms with van der Waals surface area (Å²) < 4.78 is 0. The van der Waals surface area contributed by atoms with Crippen LogP contribution in [0.1, 0.15) is 27.9 Å². The van der Waals surface area contributed by atoms with Gasteiger partial charge in [0.15, 0.2) is 0 Å². The number of aromatic nitrogens is 1. The molecule has 0 aliphatic carbocycles. The summed E-state index contributed by atoms with van der Waals surface area (Å²) >= 11 is 0. The molecule has 23 heavy (non-hydrogen) atoms. The molecule has 120 valence electrons. The van der Waals surface area contributed by atoms with Gasteiger partial charge in [-0.3, -0.25) is 14.7 Å². The first-order chi connectivity index (χ1) is 11.2. The van der Waals surface area contributed by atoms with E-state index in [0.717, 1.165) is 44.7 Å². The van der Waals surface area contributed by atoms with Gasteiger partial charge in [-0.05, 0) is 31.0 Å². The molecule has 3 rings (SSSR count). The summed E-state index contributed by atoms with van der Waals surface area (Å²) in [4.78, 5) is 20.9. The smallest absolute Gasteiger partial charge is 0.254 e. The molecule has 0 N–H and O–H groups in total. The number of amides is 1. The summed E-state index contributed by atoms with van der Waals surface area (Å²) in [5, 5.41) is 0. The van der Waals surface area contributed by atoms with E-state index in [-0.39, 0.29) is 5.91 Å². The molecule has 0 radical (unpaired) electrons. The first kappa shape index (κ1) is 15.7. The summed E-state index contributed by atoms with van der Waals surface area (Å²) in [6.07, 6.45) is 4.37. The maximum atomic E-state index is 12.5. The van der Waals surface area contributed by atoms with E-state index in [0.29, 0.717) is 0 Å². The van der Waals surface area contributed by atoms with E-state index >= 15 is 0 Å². The lowest BCUT2D eigenvalue weighted by Gasteiger charge is -2.22. The predicted molar refractivity (Wildman–Crippen MR) is 91.2 cm³/mol. The number of hydrogen-bond acceptors (Lipinski definition) is 3. The number of benzene rings is 1. The highest BCUT2D eigenvalue weighted by molar-refractivity contribution is 5.94. The molecule has 1 fully saturated rings. The van der Waals surface area contributed by atoms with Crippen molar-refractivity contribution in [2.24, 2.45) is 0 Å². The standard InChI is InChI=1S/C19H23N3O/c1-16-3-5-17(6-4-16)15-21-11-2-12-22(14-13-21)19(23)18-7-9-20-10-8-18/h3-10H,2,11-15H2,1H3. The fourth-order valence-electron chi connectivity index (χ4n) is 2.96. The Morgan fingerprint density at radius 3 is 2.48 bits per heavy atom. The van der Waals surface area contributed by atoms with Crippen LogP contribution in [-0.4, -0.2) is 46.9 Å². The summed E-state index contributed by atoms with van der Waals surface area (Å²) in [5.41, 5.74) is 3.36. The van der Waals surface area contributed by atoms with Crippen molar-refractivity contribution < 1.29 is 4.79 Å². The largest absolute Gasteiger partial charge is 0.337 e. The number of carbonyl (C=O) groups excluding carboxylic acids is 1. The quantitative estimate of drug-likeness (QED) is 0.875. The maximum absolute atomic E-state index is 12.5. The summed E-state index contributed by atoms with van der Waals surface area (Å²) in [6.45, 7) is 6.63. The minimum atomic E-state index is 0.115. The molecule has 1 amide bonds. The fourth-order valence-corrected chi connectivity index (χ4v) is 2.96. The second-order valence-electron chi connectivity index (χ2n) is 6.14.